The monoisotopic (exact) mass is 457 g/mol. The maximum absolute atomic E-state index is 12.1. The molecular formula is C23H21Cl2N3O3. The number of ether oxygens (including phenoxy) is 2. The molecule has 160 valence electrons. The summed E-state index contributed by atoms with van der Waals surface area (Å²) in [6.07, 6.45) is 1.62. The van der Waals surface area contributed by atoms with E-state index < -0.39 is 0 Å². The summed E-state index contributed by atoms with van der Waals surface area (Å²) < 4.78 is 11.0. The Morgan fingerprint density at radius 1 is 0.968 bits per heavy atom. The lowest BCUT2D eigenvalue weighted by Crippen LogP contribution is -2.20. The zero-order valence-corrected chi connectivity index (χ0v) is 18.5. The Hall–Kier alpha value is -3.22. The molecule has 0 fully saturated rings. The molecule has 0 aromatic heterocycles. The molecule has 0 saturated heterocycles. The number of nitrogens with zero attached hydrogens (tertiary/aromatic N) is 1. The van der Waals surface area contributed by atoms with Crippen molar-refractivity contribution in [2.75, 3.05) is 24.5 Å². The Bertz CT molecular complexity index is 1090. The topological polar surface area (TPSA) is 71.9 Å². The molecule has 0 atom stereocenters. The summed E-state index contributed by atoms with van der Waals surface area (Å²) in [5.74, 6) is 0.681. The molecule has 0 heterocycles. The molecule has 0 aliphatic heterocycles. The van der Waals surface area contributed by atoms with Gasteiger partial charge in [0.15, 0.2) is 18.1 Å². The molecule has 0 unspecified atom stereocenters. The second-order valence-electron chi connectivity index (χ2n) is 6.61. The van der Waals surface area contributed by atoms with E-state index in [4.69, 9.17) is 32.7 Å². The second-order valence-corrected chi connectivity index (χ2v) is 7.43. The van der Waals surface area contributed by atoms with Gasteiger partial charge < -0.3 is 14.8 Å². The van der Waals surface area contributed by atoms with Crippen LogP contribution in [0.1, 0.15) is 11.1 Å². The molecule has 31 heavy (non-hydrogen) atoms. The molecule has 1 amide bonds. The van der Waals surface area contributed by atoms with Gasteiger partial charge in [0.05, 0.1) is 29.1 Å². The van der Waals surface area contributed by atoms with Crippen LogP contribution in [0.2, 0.25) is 10.0 Å². The fourth-order valence-corrected chi connectivity index (χ4v) is 2.91. The van der Waals surface area contributed by atoms with Crippen LogP contribution in [0.3, 0.4) is 0 Å². The summed E-state index contributed by atoms with van der Waals surface area (Å²) in [4.78, 5) is 12.1. The van der Waals surface area contributed by atoms with Gasteiger partial charge in [0, 0.05) is 5.69 Å². The molecule has 0 aliphatic rings. The quantitative estimate of drug-likeness (QED) is 0.332. The van der Waals surface area contributed by atoms with E-state index in [1.54, 1.807) is 42.6 Å². The summed E-state index contributed by atoms with van der Waals surface area (Å²) in [5.41, 5.74) is 6.20. The number of carbonyl (C=O) groups is 1. The summed E-state index contributed by atoms with van der Waals surface area (Å²) in [5, 5.41) is 7.88. The van der Waals surface area contributed by atoms with E-state index in [-0.39, 0.29) is 12.5 Å². The van der Waals surface area contributed by atoms with Gasteiger partial charge in [0.2, 0.25) is 0 Å². The molecule has 0 spiro atoms. The molecule has 3 aromatic rings. The van der Waals surface area contributed by atoms with Crippen molar-refractivity contribution in [3.05, 3.63) is 81.8 Å². The average Bonchev–Trinajstić information content (AvgIpc) is 2.76. The lowest BCUT2D eigenvalue weighted by Gasteiger charge is -2.11. The Kier molecular flexibility index (Phi) is 7.76. The molecule has 6 nitrogen and oxygen atoms in total. The number of halogens is 2. The first-order chi connectivity index (χ1) is 14.9. The number of hydrazone groups is 1. The summed E-state index contributed by atoms with van der Waals surface area (Å²) in [6.45, 7) is 1.84. The zero-order valence-electron chi connectivity index (χ0n) is 17.0. The fourth-order valence-electron chi connectivity index (χ4n) is 2.61. The Morgan fingerprint density at radius 3 is 2.42 bits per heavy atom. The predicted molar refractivity (Wildman–Crippen MR) is 126 cm³/mol. The number of benzene rings is 3. The van der Waals surface area contributed by atoms with Gasteiger partial charge in [-0.15, -0.1) is 0 Å². The van der Waals surface area contributed by atoms with Gasteiger partial charge in [-0.2, -0.15) is 5.10 Å². The van der Waals surface area contributed by atoms with Crippen molar-refractivity contribution in [2.24, 2.45) is 5.10 Å². The Balaban J connectivity index is 1.57. The highest BCUT2D eigenvalue weighted by Gasteiger charge is 2.09. The van der Waals surface area contributed by atoms with E-state index in [1.165, 1.54) is 7.11 Å². The number of hydrogen-bond donors (Lipinski definition) is 2. The molecule has 0 radical (unpaired) electrons. The van der Waals surface area contributed by atoms with Crippen molar-refractivity contribution < 1.29 is 14.3 Å². The maximum atomic E-state index is 12.1. The van der Waals surface area contributed by atoms with E-state index in [0.717, 1.165) is 11.1 Å². The standard InChI is InChI=1S/C23H21Cl2N3O3/c1-15-3-6-17(7-4-15)27-23(29)14-31-21-10-5-16(11-22(21)30-2)13-26-28-18-8-9-19(24)20(25)12-18/h3-13,28H,14H2,1-2H3,(H,27,29). The largest absolute Gasteiger partial charge is 0.493 e. The first kappa shape index (κ1) is 22.5. The first-order valence-electron chi connectivity index (χ1n) is 9.36. The number of methoxy groups -OCH3 is 1. The van der Waals surface area contributed by atoms with E-state index in [0.29, 0.717) is 32.9 Å². The molecule has 3 rings (SSSR count). The van der Waals surface area contributed by atoms with Crippen molar-refractivity contribution in [3.63, 3.8) is 0 Å². The van der Waals surface area contributed by atoms with Crippen molar-refractivity contribution in [1.82, 2.24) is 0 Å². The third-order valence-corrected chi connectivity index (χ3v) is 4.95. The minimum Gasteiger partial charge on any atom is -0.493 e. The minimum atomic E-state index is -0.262. The van der Waals surface area contributed by atoms with Crippen LogP contribution in [-0.4, -0.2) is 25.8 Å². The number of hydrogen-bond acceptors (Lipinski definition) is 5. The van der Waals surface area contributed by atoms with Crippen LogP contribution in [0, 0.1) is 6.92 Å². The number of carbonyl (C=O) groups excluding carboxylic acids is 1. The van der Waals surface area contributed by atoms with Crippen molar-refractivity contribution >= 4 is 46.7 Å². The summed E-state index contributed by atoms with van der Waals surface area (Å²) >= 11 is 11.9. The van der Waals surface area contributed by atoms with Gasteiger partial charge in [0.25, 0.3) is 5.91 Å². The van der Waals surface area contributed by atoms with Gasteiger partial charge in [-0.3, -0.25) is 10.2 Å². The normalized spacial score (nSPS) is 10.7. The van der Waals surface area contributed by atoms with E-state index in [9.17, 15) is 4.79 Å². The van der Waals surface area contributed by atoms with E-state index in [1.807, 2.05) is 31.2 Å². The highest BCUT2D eigenvalue weighted by atomic mass is 35.5. The number of amides is 1. The molecule has 0 saturated carbocycles. The molecule has 3 aromatic carbocycles. The van der Waals surface area contributed by atoms with Crippen LogP contribution in [0.4, 0.5) is 11.4 Å². The fraction of sp³-hybridized carbons (Fsp3) is 0.130. The lowest BCUT2D eigenvalue weighted by atomic mass is 10.2. The molecular weight excluding hydrogens is 437 g/mol. The van der Waals surface area contributed by atoms with Gasteiger partial charge in [-0.05, 0) is 61.0 Å². The van der Waals surface area contributed by atoms with Gasteiger partial charge in [-0.25, -0.2) is 0 Å². The third-order valence-electron chi connectivity index (χ3n) is 4.21. The Labute approximate surface area is 190 Å². The van der Waals surface area contributed by atoms with Crippen molar-refractivity contribution in [2.45, 2.75) is 6.92 Å². The second kappa shape index (κ2) is 10.7. The Morgan fingerprint density at radius 2 is 1.71 bits per heavy atom. The number of aryl methyl sites for hydroxylation is 1. The van der Waals surface area contributed by atoms with E-state index >= 15 is 0 Å². The number of nitrogens with one attached hydrogen (secondary N) is 2. The van der Waals surface area contributed by atoms with Crippen LogP contribution in [0.15, 0.2) is 65.8 Å². The highest BCUT2D eigenvalue weighted by Crippen LogP contribution is 2.28. The van der Waals surface area contributed by atoms with Crippen LogP contribution < -0.4 is 20.2 Å². The minimum absolute atomic E-state index is 0.142. The smallest absolute Gasteiger partial charge is 0.262 e. The average molecular weight is 458 g/mol. The van der Waals surface area contributed by atoms with Crippen molar-refractivity contribution in [3.8, 4) is 11.5 Å². The summed E-state index contributed by atoms with van der Waals surface area (Å²) in [6, 6.07) is 18.0. The molecule has 0 aliphatic carbocycles. The number of rotatable bonds is 8. The predicted octanol–water partition coefficient (Wildman–Crippen LogP) is 5.77. The van der Waals surface area contributed by atoms with Gasteiger partial charge >= 0.3 is 0 Å². The van der Waals surface area contributed by atoms with Crippen molar-refractivity contribution in [1.29, 1.82) is 0 Å². The lowest BCUT2D eigenvalue weighted by molar-refractivity contribution is -0.118. The van der Waals surface area contributed by atoms with Crippen LogP contribution in [0.5, 0.6) is 11.5 Å². The van der Waals surface area contributed by atoms with Gasteiger partial charge in [0.1, 0.15) is 0 Å². The molecule has 0 bridgehead atoms. The maximum Gasteiger partial charge on any atom is 0.262 e. The molecule has 2 N–H and O–H groups in total. The van der Waals surface area contributed by atoms with Crippen LogP contribution in [0.25, 0.3) is 0 Å². The van der Waals surface area contributed by atoms with Crippen LogP contribution in [-0.2, 0) is 4.79 Å². The zero-order chi connectivity index (χ0) is 22.2. The summed E-state index contributed by atoms with van der Waals surface area (Å²) in [7, 11) is 1.53. The SMILES string of the molecule is COc1cc(C=NNc2ccc(Cl)c(Cl)c2)ccc1OCC(=O)Nc1ccc(C)cc1. The third kappa shape index (κ3) is 6.64. The number of anilines is 2. The molecule has 8 heteroatoms. The van der Waals surface area contributed by atoms with Crippen LogP contribution >= 0.6 is 23.2 Å². The van der Waals surface area contributed by atoms with Gasteiger partial charge in [-0.1, -0.05) is 40.9 Å². The highest BCUT2D eigenvalue weighted by molar-refractivity contribution is 6.42. The first-order valence-corrected chi connectivity index (χ1v) is 10.1. The van der Waals surface area contributed by atoms with E-state index in [2.05, 4.69) is 15.8 Å².